The molecule has 3 aromatic rings. The standard InChI is InChI=1S/C18H12N3O4S2/c22-20(23)15-7-1-13(2-8-15)5-11-17-19-18(27-26-17)12-6-14-3-9-16(10-4-14)21(24)25/h1-12H/q+1/b11-5+,12-6+. The molecule has 0 radical (unpaired) electrons. The minimum Gasteiger partial charge on any atom is -0.258 e. The van der Waals surface area contributed by atoms with Crippen LogP contribution in [-0.2, 0) is 0 Å². The van der Waals surface area contributed by atoms with Gasteiger partial charge in [-0.1, -0.05) is 6.08 Å². The number of non-ortho nitro benzene ring substituents is 2. The third kappa shape index (κ3) is 5.09. The third-order valence-corrected chi connectivity index (χ3v) is 5.63. The lowest BCUT2D eigenvalue weighted by Crippen LogP contribution is -1.86. The summed E-state index contributed by atoms with van der Waals surface area (Å²) in [5.74, 6) is 0. The van der Waals surface area contributed by atoms with Gasteiger partial charge in [-0.05, 0) is 47.5 Å². The largest absolute Gasteiger partial charge is 0.341 e. The van der Waals surface area contributed by atoms with Gasteiger partial charge < -0.3 is 0 Å². The Morgan fingerprint density at radius 3 is 1.74 bits per heavy atom. The van der Waals surface area contributed by atoms with Crippen molar-refractivity contribution in [2.75, 3.05) is 0 Å². The molecule has 0 atom stereocenters. The van der Waals surface area contributed by atoms with Crippen LogP contribution < -0.4 is 0 Å². The van der Waals surface area contributed by atoms with Gasteiger partial charge in [0, 0.05) is 30.3 Å². The van der Waals surface area contributed by atoms with Crippen LogP contribution in [0.2, 0.25) is 0 Å². The summed E-state index contributed by atoms with van der Waals surface area (Å²) in [5, 5.41) is 22.9. The van der Waals surface area contributed by atoms with Crippen LogP contribution in [0.3, 0.4) is 0 Å². The Hall–Kier alpha value is -3.30. The highest BCUT2D eigenvalue weighted by molar-refractivity contribution is 7.69. The summed E-state index contributed by atoms with van der Waals surface area (Å²) >= 11 is 0. The summed E-state index contributed by atoms with van der Waals surface area (Å²) in [7, 11) is 3.03. The second kappa shape index (κ2) is 8.39. The SMILES string of the molecule is O=[N+]([O-])c1ccc(/C=C/c2nc(/C=C/c3ccc([N+](=O)[O-])cc3)[s+]s2)cc1. The number of nitrogens with zero attached hydrogens (tertiary/aromatic N) is 3. The van der Waals surface area contributed by atoms with Crippen molar-refractivity contribution in [3.8, 4) is 0 Å². The van der Waals surface area contributed by atoms with Crippen LogP contribution in [0, 0.1) is 20.2 Å². The highest BCUT2D eigenvalue weighted by Crippen LogP contribution is 2.23. The van der Waals surface area contributed by atoms with E-state index in [-0.39, 0.29) is 11.4 Å². The molecule has 0 aliphatic carbocycles. The quantitative estimate of drug-likeness (QED) is 0.231. The Morgan fingerprint density at radius 2 is 1.26 bits per heavy atom. The predicted molar refractivity (Wildman–Crippen MR) is 108 cm³/mol. The van der Waals surface area contributed by atoms with E-state index < -0.39 is 9.85 Å². The molecular weight excluding hydrogens is 386 g/mol. The van der Waals surface area contributed by atoms with E-state index in [1.807, 2.05) is 24.3 Å². The zero-order valence-corrected chi connectivity index (χ0v) is 15.4. The lowest BCUT2D eigenvalue weighted by molar-refractivity contribution is -0.385. The lowest BCUT2D eigenvalue weighted by Gasteiger charge is -1.92. The normalized spacial score (nSPS) is 11.3. The molecule has 7 nitrogen and oxygen atoms in total. The Bertz CT molecular complexity index is 944. The number of rotatable bonds is 6. The van der Waals surface area contributed by atoms with Crippen LogP contribution in [0.1, 0.15) is 21.1 Å². The highest BCUT2D eigenvalue weighted by Gasteiger charge is 2.11. The predicted octanol–water partition coefficient (Wildman–Crippen LogP) is 5.64. The maximum absolute atomic E-state index is 10.6. The van der Waals surface area contributed by atoms with E-state index in [0.29, 0.717) is 0 Å². The van der Waals surface area contributed by atoms with E-state index in [9.17, 15) is 20.2 Å². The number of nitro benzene ring substituents is 2. The van der Waals surface area contributed by atoms with Crippen LogP contribution in [0.15, 0.2) is 48.5 Å². The summed E-state index contributed by atoms with van der Waals surface area (Å²) < 4.78 is 0. The Balaban J connectivity index is 1.65. The zero-order valence-electron chi connectivity index (χ0n) is 13.7. The summed E-state index contributed by atoms with van der Waals surface area (Å²) in [5.41, 5.74) is 1.82. The van der Waals surface area contributed by atoms with E-state index in [2.05, 4.69) is 4.98 Å². The fourth-order valence-electron chi connectivity index (χ4n) is 2.11. The first-order valence-electron chi connectivity index (χ1n) is 7.66. The third-order valence-electron chi connectivity index (χ3n) is 3.48. The molecule has 0 N–H and O–H groups in total. The van der Waals surface area contributed by atoms with Crippen molar-refractivity contribution < 1.29 is 9.85 Å². The number of benzene rings is 2. The summed E-state index contributed by atoms with van der Waals surface area (Å²) in [4.78, 5) is 24.9. The van der Waals surface area contributed by atoms with Gasteiger partial charge in [0.05, 0.1) is 9.85 Å². The number of nitro groups is 2. The lowest BCUT2D eigenvalue weighted by atomic mass is 10.2. The average molecular weight is 398 g/mol. The molecule has 0 saturated heterocycles. The molecule has 1 heterocycles. The first kappa shape index (κ1) is 18.5. The minimum absolute atomic E-state index is 0.0577. The van der Waals surface area contributed by atoms with Crippen molar-refractivity contribution in [1.29, 1.82) is 0 Å². The smallest absolute Gasteiger partial charge is 0.258 e. The van der Waals surface area contributed by atoms with Gasteiger partial charge in [0.2, 0.25) is 0 Å². The van der Waals surface area contributed by atoms with Gasteiger partial charge in [-0.25, -0.2) is 0 Å². The molecule has 3 rings (SSSR count). The fraction of sp³-hybridized carbons (Fsp3) is 0. The monoisotopic (exact) mass is 398 g/mol. The fourth-order valence-corrected chi connectivity index (χ4v) is 3.93. The molecule has 2 aromatic carbocycles. The van der Waals surface area contributed by atoms with Crippen molar-refractivity contribution >= 4 is 56.4 Å². The van der Waals surface area contributed by atoms with Gasteiger partial charge >= 0.3 is 15.3 Å². The van der Waals surface area contributed by atoms with E-state index >= 15 is 0 Å². The molecule has 0 spiro atoms. The Kier molecular flexibility index (Phi) is 5.74. The number of aromatic nitrogens is 1. The van der Waals surface area contributed by atoms with E-state index in [1.54, 1.807) is 24.3 Å². The van der Waals surface area contributed by atoms with Crippen LogP contribution in [0.4, 0.5) is 11.4 Å². The topological polar surface area (TPSA) is 99.2 Å². The van der Waals surface area contributed by atoms with Crippen LogP contribution >= 0.6 is 20.7 Å². The number of hydrogen-bond acceptors (Lipinski definition) is 6. The van der Waals surface area contributed by atoms with Gasteiger partial charge in [-0.3, -0.25) is 20.2 Å². The highest BCUT2D eigenvalue weighted by atomic mass is 32.9. The van der Waals surface area contributed by atoms with Gasteiger partial charge in [0.25, 0.3) is 11.4 Å². The molecule has 0 bridgehead atoms. The molecule has 0 aliphatic rings. The van der Waals surface area contributed by atoms with E-state index in [1.165, 1.54) is 44.9 Å². The molecule has 1 aromatic heterocycles. The van der Waals surface area contributed by atoms with Crippen LogP contribution in [-0.4, -0.2) is 14.8 Å². The van der Waals surface area contributed by atoms with Crippen molar-refractivity contribution in [2.24, 2.45) is 0 Å². The Morgan fingerprint density at radius 1 is 0.778 bits per heavy atom. The molecule has 27 heavy (non-hydrogen) atoms. The first-order chi connectivity index (χ1) is 13.0. The molecule has 0 saturated carbocycles. The summed E-state index contributed by atoms with van der Waals surface area (Å²) in [6.45, 7) is 0. The van der Waals surface area contributed by atoms with E-state index in [4.69, 9.17) is 0 Å². The summed E-state index contributed by atoms with van der Waals surface area (Å²) in [6, 6.07) is 12.6. The molecule has 0 unspecified atom stereocenters. The van der Waals surface area contributed by atoms with Gasteiger partial charge in [-0.2, -0.15) is 4.98 Å². The Labute approximate surface area is 161 Å². The second-order valence-electron chi connectivity index (χ2n) is 5.32. The second-order valence-corrected chi connectivity index (χ2v) is 7.49. The average Bonchev–Trinajstić information content (AvgIpc) is 3.13. The molecule has 9 heteroatoms. The van der Waals surface area contributed by atoms with Gasteiger partial charge in [-0.15, -0.1) is 0 Å². The van der Waals surface area contributed by atoms with Gasteiger partial charge in [0.15, 0.2) is 15.3 Å². The van der Waals surface area contributed by atoms with Crippen LogP contribution in [0.25, 0.3) is 24.3 Å². The number of hydrogen-bond donors (Lipinski definition) is 0. The van der Waals surface area contributed by atoms with E-state index in [0.717, 1.165) is 21.1 Å². The maximum Gasteiger partial charge on any atom is 0.341 e. The molecule has 134 valence electrons. The first-order valence-corrected chi connectivity index (χ1v) is 9.81. The van der Waals surface area contributed by atoms with Gasteiger partial charge in [0.1, 0.15) is 0 Å². The minimum atomic E-state index is -0.431. The molecule has 0 amide bonds. The van der Waals surface area contributed by atoms with Crippen molar-refractivity contribution in [2.45, 2.75) is 0 Å². The van der Waals surface area contributed by atoms with Crippen molar-refractivity contribution in [1.82, 2.24) is 4.98 Å². The molecule has 0 fully saturated rings. The summed E-state index contributed by atoms with van der Waals surface area (Å²) in [6.07, 6.45) is 7.40. The van der Waals surface area contributed by atoms with Crippen LogP contribution in [0.5, 0.6) is 0 Å². The van der Waals surface area contributed by atoms with Crippen molar-refractivity contribution in [3.05, 3.63) is 89.9 Å². The van der Waals surface area contributed by atoms with Crippen molar-refractivity contribution in [3.63, 3.8) is 0 Å². The molecule has 0 aliphatic heterocycles. The maximum atomic E-state index is 10.6. The zero-order chi connectivity index (χ0) is 19.2. The molecular formula is C18H12N3O4S2+.